The molecule has 5 rings (SSSR count). The number of halogens is 1. The van der Waals surface area contributed by atoms with E-state index in [-0.39, 0.29) is 17.5 Å². The van der Waals surface area contributed by atoms with Crippen LogP contribution in [0.3, 0.4) is 0 Å². The molecule has 0 spiro atoms. The van der Waals surface area contributed by atoms with Gasteiger partial charge in [0.2, 0.25) is 0 Å². The number of carbonyl (C=O) groups is 1. The molecule has 1 amide bonds. The molecule has 2 saturated heterocycles. The molecule has 2 bridgehead atoms. The first kappa shape index (κ1) is 16.8. The summed E-state index contributed by atoms with van der Waals surface area (Å²) in [6, 6.07) is 13.3. The van der Waals surface area contributed by atoms with E-state index in [1.165, 1.54) is 42.1 Å². The lowest BCUT2D eigenvalue weighted by molar-refractivity contribution is 0.0615. The van der Waals surface area contributed by atoms with Crippen molar-refractivity contribution in [2.75, 3.05) is 24.5 Å². The van der Waals surface area contributed by atoms with E-state index in [0.29, 0.717) is 12.5 Å². The Kier molecular flexibility index (Phi) is 4.14. The zero-order valence-electron chi connectivity index (χ0n) is 15.5. The first-order chi connectivity index (χ1) is 13.2. The molecule has 3 nitrogen and oxygen atoms in total. The summed E-state index contributed by atoms with van der Waals surface area (Å²) in [5.41, 5.74) is 4.14. The summed E-state index contributed by atoms with van der Waals surface area (Å²) in [4.78, 5) is 17.5. The zero-order valence-corrected chi connectivity index (χ0v) is 15.5. The number of benzene rings is 2. The fourth-order valence-electron chi connectivity index (χ4n) is 5.15. The third-order valence-electron chi connectivity index (χ3n) is 6.56. The standard InChI is InChI=1S/C23H25FN2O/c24-21-7-3-2-6-19(21)23(27)26-13-10-16-14-22(26)20-15-17(8-9-18(16)20)25-11-4-1-5-12-25/h2-3,6-9,15-16,22H,1,4-5,10-14H2. The van der Waals surface area contributed by atoms with E-state index in [1.54, 1.807) is 18.2 Å². The molecule has 2 aliphatic heterocycles. The van der Waals surface area contributed by atoms with Crippen molar-refractivity contribution in [3.05, 3.63) is 65.0 Å². The molecule has 27 heavy (non-hydrogen) atoms. The highest BCUT2D eigenvalue weighted by Gasteiger charge is 2.41. The zero-order chi connectivity index (χ0) is 18.4. The van der Waals surface area contributed by atoms with Crippen LogP contribution in [0.15, 0.2) is 42.5 Å². The highest BCUT2D eigenvalue weighted by Crippen LogP contribution is 2.50. The molecule has 2 aromatic rings. The van der Waals surface area contributed by atoms with Gasteiger partial charge in [0, 0.05) is 25.3 Å². The van der Waals surface area contributed by atoms with Gasteiger partial charge in [-0.05, 0) is 73.4 Å². The number of carbonyl (C=O) groups excluding carboxylic acids is 1. The number of rotatable bonds is 2. The monoisotopic (exact) mass is 364 g/mol. The highest BCUT2D eigenvalue weighted by atomic mass is 19.1. The van der Waals surface area contributed by atoms with Gasteiger partial charge in [-0.15, -0.1) is 0 Å². The topological polar surface area (TPSA) is 23.6 Å². The summed E-state index contributed by atoms with van der Waals surface area (Å²) in [6.45, 7) is 2.94. The Morgan fingerprint density at radius 2 is 1.78 bits per heavy atom. The molecule has 2 fully saturated rings. The van der Waals surface area contributed by atoms with Gasteiger partial charge in [0.25, 0.3) is 5.91 Å². The lowest BCUT2D eigenvalue weighted by Crippen LogP contribution is -2.38. The van der Waals surface area contributed by atoms with Gasteiger partial charge in [0.05, 0.1) is 11.6 Å². The van der Waals surface area contributed by atoms with Gasteiger partial charge in [-0.2, -0.15) is 0 Å². The van der Waals surface area contributed by atoms with Gasteiger partial charge in [-0.25, -0.2) is 4.39 Å². The van der Waals surface area contributed by atoms with Gasteiger partial charge in [0.15, 0.2) is 0 Å². The Morgan fingerprint density at radius 1 is 0.963 bits per heavy atom. The molecular formula is C23H25FN2O. The van der Waals surface area contributed by atoms with Crippen LogP contribution in [0.5, 0.6) is 0 Å². The minimum absolute atomic E-state index is 0.0793. The fraction of sp³-hybridized carbons (Fsp3) is 0.435. The molecule has 0 saturated carbocycles. The number of nitrogens with zero attached hydrogens (tertiary/aromatic N) is 2. The second-order valence-corrected chi connectivity index (χ2v) is 8.08. The minimum atomic E-state index is -0.426. The van der Waals surface area contributed by atoms with E-state index in [9.17, 15) is 9.18 Å². The van der Waals surface area contributed by atoms with E-state index in [2.05, 4.69) is 23.1 Å². The van der Waals surface area contributed by atoms with Gasteiger partial charge in [-0.3, -0.25) is 4.79 Å². The molecule has 2 atom stereocenters. The van der Waals surface area contributed by atoms with Crippen LogP contribution in [0.2, 0.25) is 0 Å². The van der Waals surface area contributed by atoms with Crippen molar-refractivity contribution in [1.82, 2.24) is 4.90 Å². The van der Waals surface area contributed by atoms with Gasteiger partial charge in [-0.1, -0.05) is 18.2 Å². The second-order valence-electron chi connectivity index (χ2n) is 8.08. The molecule has 3 aliphatic rings. The summed E-state index contributed by atoms with van der Waals surface area (Å²) in [7, 11) is 0. The highest BCUT2D eigenvalue weighted by molar-refractivity contribution is 5.95. The van der Waals surface area contributed by atoms with Crippen LogP contribution in [0.1, 0.15) is 65.5 Å². The lowest BCUT2D eigenvalue weighted by Gasteiger charge is -2.34. The SMILES string of the molecule is O=C(c1ccccc1F)N1CCC2CC1c1cc(N3CCCCC3)ccc12. The molecule has 2 heterocycles. The van der Waals surface area contributed by atoms with Crippen molar-refractivity contribution in [2.45, 2.75) is 44.1 Å². The van der Waals surface area contributed by atoms with E-state index in [0.717, 1.165) is 25.9 Å². The van der Waals surface area contributed by atoms with Crippen molar-refractivity contribution >= 4 is 11.6 Å². The molecule has 4 heteroatoms. The predicted molar refractivity (Wildman–Crippen MR) is 105 cm³/mol. The normalized spacial score (nSPS) is 24.0. The van der Waals surface area contributed by atoms with Gasteiger partial charge >= 0.3 is 0 Å². The van der Waals surface area contributed by atoms with E-state index < -0.39 is 5.82 Å². The van der Waals surface area contributed by atoms with Crippen LogP contribution in [0, 0.1) is 5.82 Å². The maximum Gasteiger partial charge on any atom is 0.257 e. The van der Waals surface area contributed by atoms with Crippen LogP contribution in [-0.4, -0.2) is 30.4 Å². The summed E-state index contributed by atoms with van der Waals surface area (Å²) in [5, 5.41) is 0. The quantitative estimate of drug-likeness (QED) is 0.757. The average molecular weight is 364 g/mol. The third-order valence-corrected chi connectivity index (χ3v) is 6.56. The Balaban J connectivity index is 1.48. The molecule has 0 N–H and O–H groups in total. The van der Waals surface area contributed by atoms with Gasteiger partial charge < -0.3 is 9.80 Å². The first-order valence-corrected chi connectivity index (χ1v) is 10.2. The van der Waals surface area contributed by atoms with Crippen LogP contribution < -0.4 is 4.90 Å². The molecule has 2 unspecified atom stereocenters. The van der Waals surface area contributed by atoms with E-state index in [4.69, 9.17) is 0 Å². The smallest absolute Gasteiger partial charge is 0.257 e. The predicted octanol–water partition coefficient (Wildman–Crippen LogP) is 4.89. The van der Waals surface area contributed by atoms with E-state index >= 15 is 0 Å². The minimum Gasteiger partial charge on any atom is -0.372 e. The average Bonchev–Trinajstić information content (AvgIpc) is 3.00. The van der Waals surface area contributed by atoms with Gasteiger partial charge in [0.1, 0.15) is 5.82 Å². The molecule has 0 radical (unpaired) electrons. The van der Waals surface area contributed by atoms with Crippen LogP contribution in [0.25, 0.3) is 0 Å². The Hall–Kier alpha value is -2.36. The van der Waals surface area contributed by atoms with Crippen molar-refractivity contribution < 1.29 is 9.18 Å². The summed E-state index contributed by atoms with van der Waals surface area (Å²) in [5.74, 6) is -0.0669. The summed E-state index contributed by atoms with van der Waals surface area (Å²) < 4.78 is 14.2. The first-order valence-electron chi connectivity index (χ1n) is 10.2. The second kappa shape index (κ2) is 6.66. The van der Waals surface area contributed by atoms with Crippen LogP contribution in [-0.2, 0) is 0 Å². The number of piperidine rings is 2. The molecule has 2 aromatic carbocycles. The number of fused-ring (bicyclic) bond motifs is 5. The largest absolute Gasteiger partial charge is 0.372 e. The molecule has 1 aliphatic carbocycles. The number of hydrogen-bond donors (Lipinski definition) is 0. The summed E-state index contributed by atoms with van der Waals surface area (Å²) >= 11 is 0. The lowest BCUT2D eigenvalue weighted by atomic mass is 9.95. The summed E-state index contributed by atoms with van der Waals surface area (Å²) in [6.07, 6.45) is 5.75. The number of anilines is 1. The van der Waals surface area contributed by atoms with Crippen LogP contribution >= 0.6 is 0 Å². The Labute approximate surface area is 159 Å². The van der Waals surface area contributed by atoms with Crippen molar-refractivity contribution in [3.63, 3.8) is 0 Å². The van der Waals surface area contributed by atoms with E-state index in [1.807, 2.05) is 4.90 Å². The van der Waals surface area contributed by atoms with Crippen LogP contribution in [0.4, 0.5) is 10.1 Å². The Morgan fingerprint density at radius 3 is 2.59 bits per heavy atom. The maximum atomic E-state index is 14.2. The molecule has 0 aromatic heterocycles. The number of hydrogen-bond acceptors (Lipinski definition) is 2. The molecular weight excluding hydrogens is 339 g/mol. The molecule has 140 valence electrons. The van der Waals surface area contributed by atoms with Crippen molar-refractivity contribution in [1.29, 1.82) is 0 Å². The van der Waals surface area contributed by atoms with Crippen molar-refractivity contribution in [2.24, 2.45) is 0 Å². The Bertz CT molecular complexity index is 874. The maximum absolute atomic E-state index is 14.2. The third kappa shape index (κ3) is 2.82. The fourth-order valence-corrected chi connectivity index (χ4v) is 5.15. The van der Waals surface area contributed by atoms with Crippen molar-refractivity contribution in [3.8, 4) is 0 Å². The number of amides is 1. The number of likely N-dealkylation sites (tertiary alicyclic amines) is 1.